The number of ether oxygens (including phenoxy) is 1. The zero-order valence-corrected chi connectivity index (χ0v) is 13.7. The summed E-state index contributed by atoms with van der Waals surface area (Å²) in [4.78, 5) is 12.0. The van der Waals surface area contributed by atoms with E-state index in [0.29, 0.717) is 25.3 Å². The average Bonchev–Trinajstić information content (AvgIpc) is 2.58. The van der Waals surface area contributed by atoms with Gasteiger partial charge in [-0.15, -0.1) is 0 Å². The standard InChI is InChI=1S/C19H22FNO3/c1-2-24-13-16-7-4-3-6-15(16)12-21-19(23)11-18(22)14-8-5-9-17(20)10-14/h3-10,18,22H,2,11-13H2,1H3,(H,21,23). The van der Waals surface area contributed by atoms with Crippen LogP contribution in [0.25, 0.3) is 0 Å². The van der Waals surface area contributed by atoms with Crippen LogP contribution in [0.2, 0.25) is 0 Å². The van der Waals surface area contributed by atoms with Gasteiger partial charge in [-0.3, -0.25) is 4.79 Å². The number of carbonyl (C=O) groups excluding carboxylic acids is 1. The third-order valence-electron chi connectivity index (χ3n) is 3.67. The molecule has 24 heavy (non-hydrogen) atoms. The summed E-state index contributed by atoms with van der Waals surface area (Å²) in [6.07, 6.45) is -1.14. The number of amides is 1. The zero-order chi connectivity index (χ0) is 17.4. The quantitative estimate of drug-likeness (QED) is 0.781. The van der Waals surface area contributed by atoms with E-state index in [0.717, 1.165) is 11.1 Å². The van der Waals surface area contributed by atoms with Gasteiger partial charge < -0.3 is 15.2 Å². The molecule has 0 aliphatic rings. The van der Waals surface area contributed by atoms with E-state index in [1.807, 2.05) is 31.2 Å². The van der Waals surface area contributed by atoms with Gasteiger partial charge in [0.25, 0.3) is 0 Å². The Bertz CT molecular complexity index is 675. The van der Waals surface area contributed by atoms with Gasteiger partial charge in [-0.2, -0.15) is 0 Å². The maximum atomic E-state index is 13.2. The molecule has 4 nitrogen and oxygen atoms in total. The number of benzene rings is 2. The first kappa shape index (κ1) is 18.1. The number of halogens is 1. The molecule has 1 atom stereocenters. The molecule has 2 rings (SSSR count). The molecule has 5 heteroatoms. The number of hydrogen-bond acceptors (Lipinski definition) is 3. The Morgan fingerprint density at radius 1 is 1.21 bits per heavy atom. The largest absolute Gasteiger partial charge is 0.388 e. The summed E-state index contributed by atoms with van der Waals surface area (Å²) in [6, 6.07) is 13.3. The first-order chi connectivity index (χ1) is 11.6. The second-order valence-corrected chi connectivity index (χ2v) is 5.46. The van der Waals surface area contributed by atoms with E-state index in [-0.39, 0.29) is 12.3 Å². The van der Waals surface area contributed by atoms with E-state index in [4.69, 9.17) is 4.74 Å². The molecule has 0 fully saturated rings. The summed E-state index contributed by atoms with van der Waals surface area (Å²) in [7, 11) is 0. The Balaban J connectivity index is 1.89. The molecule has 0 aromatic heterocycles. The van der Waals surface area contributed by atoms with E-state index in [1.54, 1.807) is 6.07 Å². The van der Waals surface area contributed by atoms with Crippen LogP contribution in [0, 0.1) is 5.82 Å². The molecule has 2 N–H and O–H groups in total. The monoisotopic (exact) mass is 331 g/mol. The van der Waals surface area contributed by atoms with Crippen molar-refractivity contribution in [2.75, 3.05) is 6.61 Å². The first-order valence-corrected chi connectivity index (χ1v) is 7.95. The van der Waals surface area contributed by atoms with Crippen molar-refractivity contribution in [3.05, 3.63) is 71.0 Å². The second kappa shape index (κ2) is 9.15. The van der Waals surface area contributed by atoms with Crippen LogP contribution in [-0.4, -0.2) is 17.6 Å². The molecular formula is C19H22FNO3. The highest BCUT2D eigenvalue weighted by atomic mass is 19.1. The van der Waals surface area contributed by atoms with Gasteiger partial charge in [-0.1, -0.05) is 36.4 Å². The van der Waals surface area contributed by atoms with E-state index in [2.05, 4.69) is 5.32 Å². The van der Waals surface area contributed by atoms with Gasteiger partial charge in [-0.25, -0.2) is 4.39 Å². The van der Waals surface area contributed by atoms with E-state index in [1.165, 1.54) is 18.2 Å². The van der Waals surface area contributed by atoms with Gasteiger partial charge in [0.1, 0.15) is 5.82 Å². The minimum absolute atomic E-state index is 0.114. The van der Waals surface area contributed by atoms with Crippen LogP contribution in [0.3, 0.4) is 0 Å². The maximum Gasteiger partial charge on any atom is 0.223 e. The molecule has 0 radical (unpaired) electrons. The molecule has 0 spiro atoms. The normalized spacial score (nSPS) is 12.0. The van der Waals surface area contributed by atoms with Crippen LogP contribution in [0.5, 0.6) is 0 Å². The van der Waals surface area contributed by atoms with Crippen LogP contribution in [0.1, 0.15) is 36.1 Å². The van der Waals surface area contributed by atoms with Crippen molar-refractivity contribution >= 4 is 5.91 Å². The summed E-state index contributed by atoms with van der Waals surface area (Å²) >= 11 is 0. The fraction of sp³-hybridized carbons (Fsp3) is 0.316. The average molecular weight is 331 g/mol. The maximum absolute atomic E-state index is 13.2. The summed E-state index contributed by atoms with van der Waals surface area (Å²) in [5.74, 6) is -0.727. The van der Waals surface area contributed by atoms with E-state index in [9.17, 15) is 14.3 Å². The minimum atomic E-state index is -1.03. The number of aliphatic hydroxyl groups is 1. The Morgan fingerprint density at radius 2 is 1.96 bits per heavy atom. The molecule has 0 heterocycles. The fourth-order valence-corrected chi connectivity index (χ4v) is 2.36. The third kappa shape index (κ3) is 5.44. The molecule has 2 aromatic rings. The van der Waals surface area contributed by atoms with Gasteiger partial charge in [0.05, 0.1) is 19.1 Å². The highest BCUT2D eigenvalue weighted by Crippen LogP contribution is 2.17. The van der Waals surface area contributed by atoms with Crippen LogP contribution in [-0.2, 0) is 22.7 Å². The molecule has 0 bridgehead atoms. The number of hydrogen-bond donors (Lipinski definition) is 2. The molecule has 1 amide bonds. The zero-order valence-electron chi connectivity index (χ0n) is 13.7. The van der Waals surface area contributed by atoms with Crippen molar-refractivity contribution in [2.45, 2.75) is 32.6 Å². The van der Waals surface area contributed by atoms with Crippen molar-refractivity contribution in [2.24, 2.45) is 0 Å². The lowest BCUT2D eigenvalue weighted by Crippen LogP contribution is -2.25. The summed E-state index contributed by atoms with van der Waals surface area (Å²) in [5.41, 5.74) is 2.38. The van der Waals surface area contributed by atoms with Crippen LogP contribution < -0.4 is 5.32 Å². The van der Waals surface area contributed by atoms with Gasteiger partial charge in [0, 0.05) is 13.2 Å². The molecule has 0 saturated heterocycles. The predicted octanol–water partition coefficient (Wildman–Crippen LogP) is 3.10. The lowest BCUT2D eigenvalue weighted by atomic mass is 10.1. The summed E-state index contributed by atoms with van der Waals surface area (Å²) in [5, 5.41) is 12.8. The molecule has 0 aliphatic carbocycles. The topological polar surface area (TPSA) is 58.6 Å². The smallest absolute Gasteiger partial charge is 0.223 e. The number of rotatable bonds is 8. The van der Waals surface area contributed by atoms with Crippen LogP contribution in [0.4, 0.5) is 4.39 Å². The first-order valence-electron chi connectivity index (χ1n) is 7.95. The van der Waals surface area contributed by atoms with Gasteiger partial charge in [0.2, 0.25) is 5.91 Å². The van der Waals surface area contributed by atoms with Gasteiger partial charge in [-0.05, 0) is 35.7 Å². The van der Waals surface area contributed by atoms with E-state index < -0.39 is 11.9 Å². The van der Waals surface area contributed by atoms with Crippen molar-refractivity contribution < 1.29 is 19.0 Å². The summed E-state index contributed by atoms with van der Waals surface area (Å²) in [6.45, 7) is 3.41. The minimum Gasteiger partial charge on any atom is -0.388 e. The fourth-order valence-electron chi connectivity index (χ4n) is 2.36. The van der Waals surface area contributed by atoms with Crippen molar-refractivity contribution in [3.63, 3.8) is 0 Å². The number of carbonyl (C=O) groups is 1. The highest BCUT2D eigenvalue weighted by Gasteiger charge is 2.14. The number of aliphatic hydroxyl groups excluding tert-OH is 1. The molecule has 128 valence electrons. The lowest BCUT2D eigenvalue weighted by Gasteiger charge is -2.13. The van der Waals surface area contributed by atoms with E-state index >= 15 is 0 Å². The second-order valence-electron chi connectivity index (χ2n) is 5.46. The van der Waals surface area contributed by atoms with Gasteiger partial charge in [0.15, 0.2) is 0 Å². The van der Waals surface area contributed by atoms with Crippen LogP contribution in [0.15, 0.2) is 48.5 Å². The highest BCUT2D eigenvalue weighted by molar-refractivity contribution is 5.76. The Labute approximate surface area is 141 Å². The molecule has 2 aromatic carbocycles. The summed E-state index contributed by atoms with van der Waals surface area (Å²) < 4.78 is 18.6. The molecular weight excluding hydrogens is 309 g/mol. The SMILES string of the molecule is CCOCc1ccccc1CNC(=O)CC(O)c1cccc(F)c1. The van der Waals surface area contributed by atoms with Crippen molar-refractivity contribution in [1.82, 2.24) is 5.32 Å². The number of nitrogens with one attached hydrogen (secondary N) is 1. The van der Waals surface area contributed by atoms with Crippen molar-refractivity contribution in [1.29, 1.82) is 0 Å². The Hall–Kier alpha value is -2.24. The Morgan fingerprint density at radius 3 is 2.67 bits per heavy atom. The third-order valence-corrected chi connectivity index (χ3v) is 3.67. The predicted molar refractivity (Wildman–Crippen MR) is 89.6 cm³/mol. The van der Waals surface area contributed by atoms with Crippen molar-refractivity contribution in [3.8, 4) is 0 Å². The molecule has 1 unspecified atom stereocenters. The Kier molecular flexibility index (Phi) is 6.90. The van der Waals surface area contributed by atoms with Gasteiger partial charge >= 0.3 is 0 Å². The molecule has 0 aliphatic heterocycles. The molecule has 0 saturated carbocycles. The van der Waals surface area contributed by atoms with Crippen LogP contribution >= 0.6 is 0 Å². The lowest BCUT2D eigenvalue weighted by molar-refractivity contribution is -0.123.